The molecule has 0 unspecified atom stereocenters. The maximum atomic E-state index is 5.45. The summed E-state index contributed by atoms with van der Waals surface area (Å²) >= 11 is 10.8. The number of nitrogens with zero attached hydrogens (tertiary/aromatic N) is 2. The van der Waals surface area contributed by atoms with Crippen LogP contribution in [-0.4, -0.2) is 17.8 Å². The Morgan fingerprint density at radius 2 is 2.11 bits per heavy atom. The topological polar surface area (TPSA) is 25.8 Å². The van der Waals surface area contributed by atoms with Gasteiger partial charge in [-0.2, -0.15) is 0 Å². The summed E-state index contributed by atoms with van der Waals surface area (Å²) in [6.45, 7) is 0. The second-order valence-corrected chi connectivity index (χ2v) is 2.08. The molecule has 0 aromatic carbocycles. The molecule has 1 rings (SSSR count). The standard InChI is InChI=1S/C4HBCl2N2/c5-2-1-8-4(7)9-3(2)6/h1H. The van der Waals surface area contributed by atoms with Gasteiger partial charge >= 0.3 is 0 Å². The van der Waals surface area contributed by atoms with Gasteiger partial charge in [0, 0.05) is 6.20 Å². The lowest BCUT2D eigenvalue weighted by molar-refractivity contribution is 1.19. The Labute approximate surface area is 63.6 Å². The minimum Gasteiger partial charge on any atom is -0.227 e. The van der Waals surface area contributed by atoms with E-state index >= 15 is 0 Å². The van der Waals surface area contributed by atoms with E-state index in [4.69, 9.17) is 31.0 Å². The third-order valence-electron chi connectivity index (χ3n) is 0.739. The van der Waals surface area contributed by atoms with Crippen LogP contribution in [0.15, 0.2) is 6.20 Å². The fourth-order valence-electron chi connectivity index (χ4n) is 0.350. The van der Waals surface area contributed by atoms with Crippen LogP contribution in [0.1, 0.15) is 0 Å². The first-order chi connectivity index (χ1) is 4.20. The number of aromatic nitrogens is 2. The van der Waals surface area contributed by atoms with Gasteiger partial charge in [0.2, 0.25) is 5.28 Å². The van der Waals surface area contributed by atoms with Crippen LogP contribution in [0.25, 0.3) is 0 Å². The van der Waals surface area contributed by atoms with Gasteiger partial charge in [-0.05, 0) is 17.1 Å². The van der Waals surface area contributed by atoms with Gasteiger partial charge in [-0.1, -0.05) is 11.6 Å². The van der Waals surface area contributed by atoms with Crippen molar-refractivity contribution in [3.63, 3.8) is 0 Å². The highest BCUT2D eigenvalue weighted by Gasteiger charge is 1.95. The number of rotatable bonds is 0. The van der Waals surface area contributed by atoms with Crippen molar-refractivity contribution in [1.82, 2.24) is 9.97 Å². The normalized spacial score (nSPS) is 9.56. The van der Waals surface area contributed by atoms with E-state index in [1.165, 1.54) is 6.20 Å². The average Bonchev–Trinajstić information content (AvgIpc) is 1.80. The Balaban J connectivity index is 3.17. The summed E-state index contributed by atoms with van der Waals surface area (Å²) in [7, 11) is 5.27. The van der Waals surface area contributed by atoms with E-state index in [2.05, 4.69) is 9.97 Å². The number of halogens is 2. The molecule has 0 bridgehead atoms. The molecule has 0 saturated carbocycles. The van der Waals surface area contributed by atoms with Crippen LogP contribution >= 0.6 is 23.2 Å². The van der Waals surface area contributed by atoms with Gasteiger partial charge in [0.25, 0.3) is 0 Å². The minimum atomic E-state index is 0.106. The van der Waals surface area contributed by atoms with Gasteiger partial charge in [-0.15, -0.1) is 0 Å². The molecule has 0 saturated heterocycles. The number of hydrogen-bond donors (Lipinski definition) is 0. The van der Waals surface area contributed by atoms with Gasteiger partial charge in [0.15, 0.2) is 0 Å². The fraction of sp³-hybridized carbons (Fsp3) is 0. The van der Waals surface area contributed by atoms with Gasteiger partial charge in [0.1, 0.15) is 13.0 Å². The molecular formula is C4HBCl2N2. The summed E-state index contributed by atoms with van der Waals surface area (Å²) in [5.74, 6) is 0. The quantitative estimate of drug-likeness (QED) is 0.314. The molecule has 2 radical (unpaired) electrons. The number of hydrogen-bond acceptors (Lipinski definition) is 2. The minimum absolute atomic E-state index is 0.106. The molecule has 1 aromatic heterocycles. The van der Waals surface area contributed by atoms with E-state index in [0.717, 1.165) is 0 Å². The van der Waals surface area contributed by atoms with E-state index in [9.17, 15) is 0 Å². The lowest BCUT2D eigenvalue weighted by Gasteiger charge is -1.93. The maximum Gasteiger partial charge on any atom is 0.223 e. The zero-order chi connectivity index (χ0) is 6.85. The van der Waals surface area contributed by atoms with Crippen molar-refractivity contribution in [1.29, 1.82) is 0 Å². The van der Waals surface area contributed by atoms with Crippen molar-refractivity contribution < 1.29 is 0 Å². The van der Waals surface area contributed by atoms with Gasteiger partial charge in [-0.25, -0.2) is 9.97 Å². The largest absolute Gasteiger partial charge is 0.227 e. The van der Waals surface area contributed by atoms with Crippen molar-refractivity contribution in [3.05, 3.63) is 16.6 Å². The van der Waals surface area contributed by atoms with E-state index in [1.807, 2.05) is 0 Å². The summed E-state index contributed by atoms with van der Waals surface area (Å²) in [5.41, 5.74) is 0.334. The second-order valence-electron chi connectivity index (χ2n) is 1.39. The Kier molecular flexibility index (Phi) is 1.93. The maximum absolute atomic E-state index is 5.45. The molecule has 0 atom stereocenters. The van der Waals surface area contributed by atoms with Crippen molar-refractivity contribution >= 4 is 36.5 Å². The Morgan fingerprint density at radius 1 is 1.44 bits per heavy atom. The molecule has 0 aliphatic rings. The van der Waals surface area contributed by atoms with Crippen LogP contribution in [0.3, 0.4) is 0 Å². The predicted molar refractivity (Wildman–Crippen MR) is 37.4 cm³/mol. The van der Waals surface area contributed by atoms with Crippen molar-refractivity contribution in [2.24, 2.45) is 0 Å². The SMILES string of the molecule is [B]c1cnc(Cl)nc1Cl. The average molecular weight is 159 g/mol. The van der Waals surface area contributed by atoms with Crippen LogP contribution in [0.5, 0.6) is 0 Å². The first-order valence-corrected chi connectivity index (χ1v) is 2.89. The molecular weight excluding hydrogens is 158 g/mol. The summed E-state index contributed by atoms with van der Waals surface area (Å²) in [4.78, 5) is 7.15. The first kappa shape index (κ1) is 6.84. The third kappa shape index (κ3) is 1.56. The third-order valence-corrected chi connectivity index (χ3v) is 1.22. The van der Waals surface area contributed by atoms with Gasteiger partial charge < -0.3 is 0 Å². The van der Waals surface area contributed by atoms with Crippen LogP contribution in [0, 0.1) is 0 Å². The summed E-state index contributed by atoms with van der Waals surface area (Å²) in [5, 5.41) is 0.296. The zero-order valence-electron chi connectivity index (χ0n) is 4.31. The second kappa shape index (κ2) is 2.54. The highest BCUT2D eigenvalue weighted by atomic mass is 35.5. The summed E-state index contributed by atoms with van der Waals surface area (Å²) in [6.07, 6.45) is 1.36. The van der Waals surface area contributed by atoms with Crippen molar-refractivity contribution in [3.8, 4) is 0 Å². The van der Waals surface area contributed by atoms with Crippen LogP contribution in [0.4, 0.5) is 0 Å². The highest BCUT2D eigenvalue weighted by Crippen LogP contribution is 2.02. The lowest BCUT2D eigenvalue weighted by Crippen LogP contribution is -2.06. The Morgan fingerprint density at radius 3 is 2.56 bits per heavy atom. The molecule has 0 N–H and O–H groups in total. The molecule has 9 heavy (non-hydrogen) atoms. The van der Waals surface area contributed by atoms with E-state index in [-0.39, 0.29) is 10.4 Å². The van der Waals surface area contributed by atoms with Crippen molar-refractivity contribution in [2.75, 3.05) is 0 Å². The molecule has 0 spiro atoms. The smallest absolute Gasteiger partial charge is 0.223 e. The highest BCUT2D eigenvalue weighted by molar-refractivity contribution is 6.44. The fourth-order valence-corrected chi connectivity index (χ4v) is 0.656. The van der Waals surface area contributed by atoms with Crippen LogP contribution in [0.2, 0.25) is 10.4 Å². The molecule has 2 nitrogen and oxygen atoms in total. The van der Waals surface area contributed by atoms with Crippen LogP contribution in [-0.2, 0) is 0 Å². The monoisotopic (exact) mass is 158 g/mol. The molecule has 0 aliphatic carbocycles. The van der Waals surface area contributed by atoms with E-state index < -0.39 is 0 Å². The van der Waals surface area contributed by atoms with Gasteiger partial charge in [-0.3, -0.25) is 0 Å². The Bertz CT molecular complexity index is 228. The molecule has 1 heterocycles. The molecule has 5 heteroatoms. The van der Waals surface area contributed by atoms with E-state index in [0.29, 0.717) is 5.46 Å². The first-order valence-electron chi connectivity index (χ1n) is 2.13. The van der Waals surface area contributed by atoms with Gasteiger partial charge in [0.05, 0.1) is 0 Å². The zero-order valence-corrected chi connectivity index (χ0v) is 5.82. The molecule has 44 valence electrons. The van der Waals surface area contributed by atoms with Crippen molar-refractivity contribution in [2.45, 2.75) is 0 Å². The summed E-state index contributed by atoms with van der Waals surface area (Å²) in [6, 6.07) is 0. The Hall–Kier alpha value is -0.275. The molecule has 0 aliphatic heterocycles. The molecule has 1 aromatic rings. The van der Waals surface area contributed by atoms with Crippen LogP contribution < -0.4 is 5.46 Å². The molecule has 0 fully saturated rings. The lowest BCUT2D eigenvalue weighted by atomic mass is 10.0. The molecule has 0 amide bonds. The van der Waals surface area contributed by atoms with E-state index in [1.54, 1.807) is 0 Å². The summed E-state index contributed by atoms with van der Waals surface area (Å²) < 4.78 is 0. The predicted octanol–water partition coefficient (Wildman–Crippen LogP) is 0.577.